The third kappa shape index (κ3) is 3.40. The Balaban J connectivity index is 1.88. The van der Waals surface area contributed by atoms with Crippen molar-refractivity contribution in [2.75, 3.05) is 6.54 Å². The van der Waals surface area contributed by atoms with Gasteiger partial charge in [0.25, 0.3) is 5.91 Å². The van der Waals surface area contributed by atoms with Crippen molar-refractivity contribution in [2.24, 2.45) is 0 Å². The van der Waals surface area contributed by atoms with E-state index in [2.05, 4.69) is 0 Å². The van der Waals surface area contributed by atoms with Crippen LogP contribution in [-0.4, -0.2) is 32.7 Å². The molecule has 0 radical (unpaired) electrons. The molecular weight excluding hydrogens is 369 g/mol. The van der Waals surface area contributed by atoms with Crippen molar-refractivity contribution >= 4 is 57.6 Å². The highest BCUT2D eigenvalue weighted by atomic mass is 32.2. The number of carboxylic acids is 1. The minimum absolute atomic E-state index is 0.157. The van der Waals surface area contributed by atoms with E-state index in [-0.39, 0.29) is 14.8 Å². The Morgan fingerprint density at radius 2 is 2.17 bits per heavy atom. The summed E-state index contributed by atoms with van der Waals surface area (Å²) in [6.07, 6.45) is 1.40. The number of amides is 1. The van der Waals surface area contributed by atoms with Gasteiger partial charge in [-0.1, -0.05) is 42.2 Å². The number of thiophene rings is 1. The van der Waals surface area contributed by atoms with Gasteiger partial charge in [-0.25, -0.2) is 4.39 Å². The molecule has 2 heterocycles. The van der Waals surface area contributed by atoms with Gasteiger partial charge in [0, 0.05) is 10.4 Å². The van der Waals surface area contributed by atoms with Crippen LogP contribution in [0.2, 0.25) is 0 Å². The summed E-state index contributed by atoms with van der Waals surface area (Å²) in [6.45, 7) is -0.498. The fourth-order valence-corrected chi connectivity index (χ4v) is 4.12. The fourth-order valence-electron chi connectivity index (χ4n) is 2.15. The normalized spacial score (nSPS) is 16.2. The Morgan fingerprint density at radius 3 is 2.79 bits per heavy atom. The third-order valence-corrected chi connectivity index (χ3v) is 5.56. The highest BCUT2D eigenvalue weighted by molar-refractivity contribution is 8.26. The van der Waals surface area contributed by atoms with Crippen molar-refractivity contribution in [3.8, 4) is 10.4 Å². The first-order chi connectivity index (χ1) is 11.5. The standard InChI is InChI=1S/C16H10FNO3S3/c17-11-6-10(12-2-1-5-23-12)4-3-9(11)7-13-15(21)18(8-14(19)20)16(22)24-13/h1-7H,8H2,(H,19,20). The minimum atomic E-state index is -1.15. The predicted octanol–water partition coefficient (Wildman–Crippen LogP) is 3.84. The van der Waals surface area contributed by atoms with Crippen LogP contribution in [0.15, 0.2) is 40.6 Å². The molecular formula is C16H10FNO3S3. The molecule has 1 N–H and O–H groups in total. The van der Waals surface area contributed by atoms with Crippen molar-refractivity contribution < 1.29 is 19.1 Å². The minimum Gasteiger partial charge on any atom is -0.480 e. The Hall–Kier alpha value is -2.03. The van der Waals surface area contributed by atoms with Crippen LogP contribution in [-0.2, 0) is 9.59 Å². The molecule has 1 aromatic heterocycles. The molecule has 0 aliphatic carbocycles. The number of carboxylic acid groups (broad SMARTS) is 1. The number of hydrogen-bond acceptors (Lipinski definition) is 5. The molecule has 2 aromatic rings. The van der Waals surface area contributed by atoms with Crippen molar-refractivity contribution in [1.82, 2.24) is 4.90 Å². The van der Waals surface area contributed by atoms with E-state index in [4.69, 9.17) is 17.3 Å². The van der Waals surface area contributed by atoms with E-state index >= 15 is 0 Å². The second-order valence-electron chi connectivity index (χ2n) is 4.88. The number of aliphatic carboxylic acids is 1. The van der Waals surface area contributed by atoms with Gasteiger partial charge < -0.3 is 5.11 Å². The van der Waals surface area contributed by atoms with E-state index in [0.717, 1.165) is 27.1 Å². The predicted molar refractivity (Wildman–Crippen MR) is 97.2 cm³/mol. The number of rotatable bonds is 4. The lowest BCUT2D eigenvalue weighted by Gasteiger charge is -2.10. The largest absolute Gasteiger partial charge is 0.480 e. The van der Waals surface area contributed by atoms with Crippen LogP contribution >= 0.6 is 35.3 Å². The highest BCUT2D eigenvalue weighted by Gasteiger charge is 2.33. The third-order valence-electron chi connectivity index (χ3n) is 3.26. The van der Waals surface area contributed by atoms with Gasteiger partial charge in [0.05, 0.1) is 4.91 Å². The van der Waals surface area contributed by atoms with Gasteiger partial charge in [0.15, 0.2) is 0 Å². The number of thioether (sulfide) groups is 1. The van der Waals surface area contributed by atoms with Crippen molar-refractivity contribution in [2.45, 2.75) is 0 Å². The van der Waals surface area contributed by atoms with Gasteiger partial charge in [-0.15, -0.1) is 11.3 Å². The average Bonchev–Trinajstić information content (AvgIpc) is 3.14. The van der Waals surface area contributed by atoms with Gasteiger partial charge in [0.2, 0.25) is 0 Å². The number of carbonyl (C=O) groups is 2. The quantitative estimate of drug-likeness (QED) is 0.646. The Bertz CT molecular complexity index is 861. The molecule has 1 amide bonds. The molecule has 122 valence electrons. The van der Waals surface area contributed by atoms with Crippen LogP contribution in [0.4, 0.5) is 4.39 Å². The first-order valence-corrected chi connectivity index (χ1v) is 8.87. The summed E-state index contributed by atoms with van der Waals surface area (Å²) in [5.74, 6) is -2.13. The van der Waals surface area contributed by atoms with Crippen molar-refractivity contribution in [1.29, 1.82) is 0 Å². The second kappa shape index (κ2) is 6.84. The van der Waals surface area contributed by atoms with Gasteiger partial charge in [-0.3, -0.25) is 14.5 Å². The smallest absolute Gasteiger partial charge is 0.323 e. The fraction of sp³-hybridized carbons (Fsp3) is 0.0625. The van der Waals surface area contributed by atoms with Crippen LogP contribution < -0.4 is 0 Å². The maximum atomic E-state index is 14.3. The van der Waals surface area contributed by atoms with Gasteiger partial charge in [-0.2, -0.15) is 0 Å². The summed E-state index contributed by atoms with van der Waals surface area (Å²) < 4.78 is 14.5. The van der Waals surface area contributed by atoms with Crippen LogP contribution in [0.5, 0.6) is 0 Å². The van der Waals surface area contributed by atoms with Gasteiger partial charge in [-0.05, 0) is 29.2 Å². The molecule has 1 aliphatic rings. The molecule has 24 heavy (non-hydrogen) atoms. The zero-order valence-electron chi connectivity index (χ0n) is 12.1. The molecule has 0 spiro atoms. The summed E-state index contributed by atoms with van der Waals surface area (Å²) in [7, 11) is 0. The lowest BCUT2D eigenvalue weighted by molar-refractivity contribution is -0.140. The average molecular weight is 379 g/mol. The summed E-state index contributed by atoms with van der Waals surface area (Å²) in [6, 6.07) is 8.57. The number of hydrogen-bond donors (Lipinski definition) is 1. The number of benzene rings is 1. The lowest BCUT2D eigenvalue weighted by Crippen LogP contribution is -2.33. The summed E-state index contributed by atoms with van der Waals surface area (Å²) >= 11 is 7.49. The summed E-state index contributed by atoms with van der Waals surface area (Å²) in [5, 5.41) is 10.7. The molecule has 4 nitrogen and oxygen atoms in total. The van der Waals surface area contributed by atoms with Crippen molar-refractivity contribution in [3.05, 3.63) is 52.0 Å². The van der Waals surface area contributed by atoms with Gasteiger partial charge >= 0.3 is 5.97 Å². The Labute approximate surface area is 150 Å². The monoisotopic (exact) mass is 379 g/mol. The molecule has 0 unspecified atom stereocenters. The first kappa shape index (κ1) is 16.8. The maximum Gasteiger partial charge on any atom is 0.323 e. The molecule has 1 aliphatic heterocycles. The van der Waals surface area contributed by atoms with Gasteiger partial charge in [0.1, 0.15) is 16.7 Å². The number of nitrogens with zero attached hydrogens (tertiary/aromatic N) is 1. The summed E-state index contributed by atoms with van der Waals surface area (Å²) in [4.78, 5) is 25.1. The van der Waals surface area contributed by atoms with E-state index in [9.17, 15) is 14.0 Å². The Morgan fingerprint density at radius 1 is 1.38 bits per heavy atom. The molecule has 1 fully saturated rings. The molecule has 1 aromatic carbocycles. The van der Waals surface area contributed by atoms with Crippen LogP contribution in [0.1, 0.15) is 5.56 Å². The number of thiocarbonyl (C=S) groups is 1. The van der Waals surface area contributed by atoms with E-state index in [0.29, 0.717) is 0 Å². The SMILES string of the molecule is O=C(O)CN1C(=O)C(=Cc2ccc(-c3cccs3)cc2F)SC1=S. The van der Waals surface area contributed by atoms with Crippen LogP contribution in [0, 0.1) is 5.82 Å². The zero-order chi connectivity index (χ0) is 17.3. The number of carbonyl (C=O) groups excluding carboxylic acids is 1. The molecule has 8 heteroatoms. The lowest BCUT2D eigenvalue weighted by atomic mass is 10.1. The molecule has 3 rings (SSSR count). The molecule has 0 saturated carbocycles. The molecule has 0 bridgehead atoms. The van der Waals surface area contributed by atoms with Crippen LogP contribution in [0.25, 0.3) is 16.5 Å². The molecule has 0 atom stereocenters. The first-order valence-electron chi connectivity index (χ1n) is 6.76. The van der Waals surface area contributed by atoms with E-state index in [1.165, 1.54) is 23.5 Å². The number of halogens is 1. The van der Waals surface area contributed by atoms with E-state index in [1.54, 1.807) is 12.1 Å². The Kier molecular flexibility index (Phi) is 4.79. The maximum absolute atomic E-state index is 14.3. The zero-order valence-corrected chi connectivity index (χ0v) is 14.5. The second-order valence-corrected chi connectivity index (χ2v) is 7.50. The van der Waals surface area contributed by atoms with Crippen molar-refractivity contribution in [3.63, 3.8) is 0 Å². The highest BCUT2D eigenvalue weighted by Crippen LogP contribution is 2.33. The van der Waals surface area contributed by atoms with E-state index in [1.807, 2.05) is 17.5 Å². The topological polar surface area (TPSA) is 57.6 Å². The van der Waals surface area contributed by atoms with E-state index < -0.39 is 24.2 Å². The van der Waals surface area contributed by atoms with Crippen LogP contribution in [0.3, 0.4) is 0 Å². The summed E-state index contributed by atoms with van der Waals surface area (Å²) in [5.41, 5.74) is 1.02. The molecule has 1 saturated heterocycles.